The first-order valence-corrected chi connectivity index (χ1v) is 6.31. The van der Waals surface area contributed by atoms with Gasteiger partial charge in [0, 0.05) is 6.54 Å². The molecule has 0 saturated carbocycles. The van der Waals surface area contributed by atoms with Gasteiger partial charge in [-0.15, -0.1) is 0 Å². The Morgan fingerprint density at radius 1 is 1.50 bits per heavy atom. The van der Waals surface area contributed by atoms with Gasteiger partial charge < -0.3 is 14.4 Å². The molecule has 96 valence electrons. The fraction of sp³-hybridized carbons (Fsp3) is 0.500. The molecule has 0 N–H and O–H groups in total. The maximum atomic E-state index is 11.9. The van der Waals surface area contributed by atoms with E-state index in [0.29, 0.717) is 19.3 Å². The first-order chi connectivity index (χ1) is 8.67. The van der Waals surface area contributed by atoms with E-state index in [-0.39, 0.29) is 11.7 Å². The molecule has 2 aliphatic heterocycles. The van der Waals surface area contributed by atoms with Gasteiger partial charge in [0.15, 0.2) is 0 Å². The summed E-state index contributed by atoms with van der Waals surface area (Å²) >= 11 is 0. The van der Waals surface area contributed by atoms with Crippen molar-refractivity contribution in [2.24, 2.45) is 0 Å². The molecule has 0 bridgehead atoms. The van der Waals surface area contributed by atoms with Crippen molar-refractivity contribution in [2.75, 3.05) is 13.1 Å². The van der Waals surface area contributed by atoms with E-state index in [1.54, 1.807) is 4.90 Å². The van der Waals surface area contributed by atoms with Gasteiger partial charge >= 0.3 is 6.09 Å². The molecule has 0 aromatic heterocycles. The average molecular weight is 247 g/mol. The summed E-state index contributed by atoms with van der Waals surface area (Å²) in [5.74, 6) is 0. The van der Waals surface area contributed by atoms with Crippen LogP contribution in [0.3, 0.4) is 0 Å². The summed E-state index contributed by atoms with van der Waals surface area (Å²) in [6.45, 7) is 3.75. The number of nitrogens with zero attached hydrogens (tertiary/aromatic N) is 1. The molecule has 4 nitrogen and oxygen atoms in total. The highest BCUT2D eigenvalue weighted by atomic mass is 16.6. The number of ether oxygens (including phenoxy) is 2. The van der Waals surface area contributed by atoms with Crippen LogP contribution < -0.4 is 0 Å². The summed E-state index contributed by atoms with van der Waals surface area (Å²) in [5, 5.41) is 0. The lowest BCUT2D eigenvalue weighted by molar-refractivity contribution is 0.0855. The Kier molecular flexibility index (Phi) is 2.74. The zero-order valence-corrected chi connectivity index (χ0v) is 10.5. The number of hydrogen-bond donors (Lipinski definition) is 0. The third kappa shape index (κ3) is 2.20. The number of piperidine rings is 1. The van der Waals surface area contributed by atoms with E-state index in [2.05, 4.69) is 0 Å². The smallest absolute Gasteiger partial charge is 0.410 e. The van der Waals surface area contributed by atoms with Gasteiger partial charge in [0.1, 0.15) is 12.2 Å². The summed E-state index contributed by atoms with van der Waals surface area (Å²) in [7, 11) is 0. The predicted molar refractivity (Wildman–Crippen MR) is 66.1 cm³/mol. The molecule has 0 aliphatic carbocycles. The number of carbonyl (C=O) groups excluding carboxylic acids is 1. The lowest BCUT2D eigenvalue weighted by Crippen LogP contribution is -2.43. The fourth-order valence-corrected chi connectivity index (χ4v) is 2.49. The largest absolute Gasteiger partial charge is 0.445 e. The van der Waals surface area contributed by atoms with Crippen molar-refractivity contribution in [3.05, 3.63) is 35.9 Å². The van der Waals surface area contributed by atoms with E-state index in [9.17, 15) is 4.79 Å². The first kappa shape index (κ1) is 11.5. The highest BCUT2D eigenvalue weighted by molar-refractivity contribution is 5.68. The van der Waals surface area contributed by atoms with Crippen LogP contribution in [0.25, 0.3) is 0 Å². The fourth-order valence-electron chi connectivity index (χ4n) is 2.49. The number of epoxide rings is 1. The Balaban J connectivity index is 1.52. The number of likely N-dealkylation sites (tertiary alicyclic amines) is 1. The van der Waals surface area contributed by atoms with E-state index < -0.39 is 0 Å². The van der Waals surface area contributed by atoms with Gasteiger partial charge in [0.2, 0.25) is 0 Å². The second-order valence-electron chi connectivity index (χ2n) is 5.17. The summed E-state index contributed by atoms with van der Waals surface area (Å²) in [6, 6.07) is 9.72. The monoisotopic (exact) mass is 247 g/mol. The van der Waals surface area contributed by atoms with Crippen LogP contribution in [0, 0.1) is 0 Å². The minimum atomic E-state index is -0.242. The molecule has 1 aromatic rings. The number of fused-ring (bicyclic) bond motifs is 1. The molecular weight excluding hydrogens is 230 g/mol. The summed E-state index contributed by atoms with van der Waals surface area (Å²) in [4.78, 5) is 13.7. The van der Waals surface area contributed by atoms with Crippen molar-refractivity contribution in [3.8, 4) is 0 Å². The van der Waals surface area contributed by atoms with Crippen LogP contribution in [-0.2, 0) is 16.1 Å². The number of hydrogen-bond acceptors (Lipinski definition) is 3. The molecule has 0 radical (unpaired) electrons. The Bertz CT molecular complexity index is 448. The van der Waals surface area contributed by atoms with Crippen molar-refractivity contribution in [1.29, 1.82) is 0 Å². The van der Waals surface area contributed by atoms with Crippen molar-refractivity contribution < 1.29 is 14.3 Å². The maximum Gasteiger partial charge on any atom is 0.410 e. The Labute approximate surface area is 106 Å². The second kappa shape index (κ2) is 4.28. The van der Waals surface area contributed by atoms with E-state index in [0.717, 1.165) is 18.5 Å². The van der Waals surface area contributed by atoms with Gasteiger partial charge in [-0.05, 0) is 18.9 Å². The number of amides is 1. The molecule has 1 amide bonds. The minimum Gasteiger partial charge on any atom is -0.445 e. The molecule has 0 spiro atoms. The topological polar surface area (TPSA) is 42.1 Å². The summed E-state index contributed by atoms with van der Waals surface area (Å²) in [6.07, 6.45) is 1.02. The third-order valence-corrected chi connectivity index (χ3v) is 3.66. The SMILES string of the molecule is C[C@]12CN(C(=O)OCc3ccccc3)CC[C@@H]1O2. The molecule has 2 atom stereocenters. The molecule has 1 aromatic carbocycles. The highest BCUT2D eigenvalue weighted by Gasteiger charge is 2.56. The zero-order chi connectivity index (χ0) is 12.6. The van der Waals surface area contributed by atoms with Gasteiger partial charge in [0.25, 0.3) is 0 Å². The summed E-state index contributed by atoms with van der Waals surface area (Å²) in [5.41, 5.74) is 0.888. The van der Waals surface area contributed by atoms with E-state index >= 15 is 0 Å². The van der Waals surface area contributed by atoms with Crippen LogP contribution in [-0.4, -0.2) is 35.8 Å². The van der Waals surface area contributed by atoms with Gasteiger partial charge in [-0.25, -0.2) is 4.79 Å². The molecule has 2 saturated heterocycles. The van der Waals surface area contributed by atoms with Crippen LogP contribution in [0.5, 0.6) is 0 Å². The quantitative estimate of drug-likeness (QED) is 0.752. The van der Waals surface area contributed by atoms with Gasteiger partial charge in [-0.1, -0.05) is 30.3 Å². The zero-order valence-electron chi connectivity index (χ0n) is 10.5. The van der Waals surface area contributed by atoms with E-state index in [4.69, 9.17) is 9.47 Å². The van der Waals surface area contributed by atoms with Gasteiger partial charge in [0.05, 0.1) is 12.6 Å². The molecule has 18 heavy (non-hydrogen) atoms. The Hall–Kier alpha value is -1.55. The molecule has 4 heteroatoms. The number of benzene rings is 1. The van der Waals surface area contributed by atoms with Crippen LogP contribution in [0.2, 0.25) is 0 Å². The van der Waals surface area contributed by atoms with E-state index in [1.807, 2.05) is 37.3 Å². The lowest BCUT2D eigenvalue weighted by Gasteiger charge is -2.27. The Morgan fingerprint density at radius 3 is 3.00 bits per heavy atom. The van der Waals surface area contributed by atoms with E-state index in [1.165, 1.54) is 0 Å². The maximum absolute atomic E-state index is 11.9. The molecule has 2 heterocycles. The molecule has 3 rings (SSSR count). The molecule has 2 aliphatic rings. The number of carbonyl (C=O) groups is 1. The molecule has 0 unspecified atom stereocenters. The first-order valence-electron chi connectivity index (χ1n) is 6.31. The highest BCUT2D eigenvalue weighted by Crippen LogP contribution is 2.42. The van der Waals surface area contributed by atoms with Crippen molar-refractivity contribution >= 4 is 6.09 Å². The number of rotatable bonds is 2. The summed E-state index contributed by atoms with van der Waals surface area (Å²) < 4.78 is 10.9. The predicted octanol–water partition coefficient (Wildman–Crippen LogP) is 2.19. The third-order valence-electron chi connectivity index (χ3n) is 3.66. The minimum absolute atomic E-state index is 0.121. The lowest BCUT2D eigenvalue weighted by atomic mass is 10.0. The van der Waals surface area contributed by atoms with Crippen LogP contribution in [0.1, 0.15) is 18.9 Å². The van der Waals surface area contributed by atoms with Crippen LogP contribution >= 0.6 is 0 Å². The molecular formula is C14H17NO3. The normalized spacial score (nSPS) is 29.6. The molecule has 2 fully saturated rings. The Morgan fingerprint density at radius 2 is 2.28 bits per heavy atom. The van der Waals surface area contributed by atoms with Crippen LogP contribution in [0.15, 0.2) is 30.3 Å². The van der Waals surface area contributed by atoms with Crippen molar-refractivity contribution in [1.82, 2.24) is 4.90 Å². The second-order valence-corrected chi connectivity index (χ2v) is 5.17. The van der Waals surface area contributed by atoms with Crippen molar-refractivity contribution in [3.63, 3.8) is 0 Å². The standard InChI is InChI=1S/C14H17NO3/c1-14-10-15(8-7-12(14)18-14)13(16)17-9-11-5-3-2-4-6-11/h2-6,12H,7-10H2,1H3/t12-,14-/m0/s1. The van der Waals surface area contributed by atoms with Gasteiger partial charge in [-0.2, -0.15) is 0 Å². The van der Waals surface area contributed by atoms with Gasteiger partial charge in [-0.3, -0.25) is 0 Å². The van der Waals surface area contributed by atoms with Crippen molar-refractivity contribution in [2.45, 2.75) is 31.7 Å². The van der Waals surface area contributed by atoms with Crippen LogP contribution in [0.4, 0.5) is 4.79 Å². The average Bonchev–Trinajstić information content (AvgIpc) is 3.07.